The maximum atomic E-state index is 4.36. The summed E-state index contributed by atoms with van der Waals surface area (Å²) in [5.74, 6) is 0. The van der Waals surface area contributed by atoms with E-state index >= 15 is 0 Å². The first-order valence-electron chi connectivity index (χ1n) is 13.9. The van der Waals surface area contributed by atoms with Crippen molar-refractivity contribution in [3.63, 3.8) is 0 Å². The van der Waals surface area contributed by atoms with Gasteiger partial charge in [0, 0.05) is 21.5 Å². The summed E-state index contributed by atoms with van der Waals surface area (Å²) >= 11 is 0. The number of aromatic nitrogens is 3. The molecular weight excluding hydrogens is 498 g/mol. The normalized spacial score (nSPS) is 11.9. The molecule has 0 aliphatic rings. The van der Waals surface area contributed by atoms with Crippen molar-refractivity contribution in [2.24, 2.45) is 0 Å². The van der Waals surface area contributed by atoms with Gasteiger partial charge in [-0.05, 0) is 73.8 Å². The Morgan fingerprint density at radius 3 is 1.90 bits per heavy atom. The predicted octanol–water partition coefficient (Wildman–Crippen LogP) is 9.85. The zero-order chi connectivity index (χ0) is 26.9. The second-order valence-corrected chi connectivity index (χ2v) is 10.7. The maximum Gasteiger partial charge on any atom is 0.0596 e. The van der Waals surface area contributed by atoms with Crippen LogP contribution in [0, 0.1) is 0 Å². The average Bonchev–Trinajstić information content (AvgIpc) is 3.36. The molecule has 9 aromatic rings. The van der Waals surface area contributed by atoms with Crippen molar-refractivity contribution in [3.05, 3.63) is 140 Å². The van der Waals surface area contributed by atoms with Gasteiger partial charge >= 0.3 is 0 Å². The van der Waals surface area contributed by atoms with Crippen LogP contribution in [0.5, 0.6) is 0 Å². The lowest BCUT2D eigenvalue weighted by atomic mass is 9.94. The van der Waals surface area contributed by atoms with E-state index in [0.29, 0.717) is 0 Å². The van der Waals surface area contributed by atoms with Gasteiger partial charge in [0.25, 0.3) is 0 Å². The van der Waals surface area contributed by atoms with Gasteiger partial charge < -0.3 is 4.57 Å². The summed E-state index contributed by atoms with van der Waals surface area (Å²) in [4.78, 5) is 0. The summed E-state index contributed by atoms with van der Waals surface area (Å²) in [5, 5.41) is 20.9. The second kappa shape index (κ2) is 8.48. The van der Waals surface area contributed by atoms with Gasteiger partial charge in [0.1, 0.15) is 0 Å². The minimum Gasteiger partial charge on any atom is -0.309 e. The van der Waals surface area contributed by atoms with E-state index in [0.717, 1.165) is 22.0 Å². The van der Waals surface area contributed by atoms with E-state index in [9.17, 15) is 0 Å². The van der Waals surface area contributed by atoms with E-state index in [4.69, 9.17) is 0 Å². The number of nitrogens with zero attached hydrogens (tertiary/aromatic N) is 3. The molecule has 0 atom stereocenters. The van der Waals surface area contributed by atoms with E-state index in [1.54, 1.807) is 0 Å². The molecule has 0 saturated carbocycles. The van der Waals surface area contributed by atoms with Crippen molar-refractivity contribution >= 4 is 64.9 Å². The molecular formula is C38H23N3. The minimum absolute atomic E-state index is 1.08. The monoisotopic (exact) mass is 521 g/mol. The molecule has 0 N–H and O–H groups in total. The molecule has 0 fully saturated rings. The van der Waals surface area contributed by atoms with Gasteiger partial charge in [0.2, 0.25) is 0 Å². The molecule has 2 aromatic heterocycles. The zero-order valence-electron chi connectivity index (χ0n) is 22.1. The van der Waals surface area contributed by atoms with E-state index in [2.05, 4.69) is 142 Å². The van der Waals surface area contributed by atoms with Gasteiger partial charge in [0.15, 0.2) is 0 Å². The van der Waals surface area contributed by atoms with Crippen LogP contribution in [0.4, 0.5) is 0 Å². The molecule has 0 spiro atoms. The van der Waals surface area contributed by atoms with Crippen molar-refractivity contribution in [1.82, 2.24) is 14.8 Å². The lowest BCUT2D eigenvalue weighted by molar-refractivity contribution is 1.05. The van der Waals surface area contributed by atoms with E-state index in [1.165, 1.54) is 59.7 Å². The van der Waals surface area contributed by atoms with Crippen molar-refractivity contribution in [2.45, 2.75) is 0 Å². The molecule has 2 heterocycles. The molecule has 190 valence electrons. The first kappa shape index (κ1) is 22.3. The Hall–Kier alpha value is -5.54. The summed E-state index contributed by atoms with van der Waals surface area (Å²) in [6.45, 7) is 0. The molecule has 0 aliphatic carbocycles. The van der Waals surface area contributed by atoms with Gasteiger partial charge in [-0.1, -0.05) is 97.1 Å². The average molecular weight is 522 g/mol. The third kappa shape index (κ3) is 3.26. The van der Waals surface area contributed by atoms with E-state index in [1.807, 2.05) is 12.4 Å². The topological polar surface area (TPSA) is 30.7 Å². The van der Waals surface area contributed by atoms with E-state index < -0.39 is 0 Å². The minimum atomic E-state index is 1.08. The van der Waals surface area contributed by atoms with Gasteiger partial charge in [-0.25, -0.2) is 0 Å². The molecule has 9 rings (SSSR count). The third-order valence-electron chi connectivity index (χ3n) is 8.54. The molecule has 7 aromatic carbocycles. The fourth-order valence-electron chi connectivity index (χ4n) is 6.61. The van der Waals surface area contributed by atoms with Gasteiger partial charge in [-0.2, -0.15) is 10.2 Å². The molecule has 3 nitrogen and oxygen atoms in total. The van der Waals surface area contributed by atoms with Crippen LogP contribution < -0.4 is 0 Å². The van der Waals surface area contributed by atoms with Gasteiger partial charge in [-0.15, -0.1) is 0 Å². The Morgan fingerprint density at radius 2 is 1.05 bits per heavy atom. The summed E-state index contributed by atoms with van der Waals surface area (Å²) in [5.41, 5.74) is 5.80. The predicted molar refractivity (Wildman–Crippen MR) is 172 cm³/mol. The maximum absolute atomic E-state index is 4.36. The first-order chi connectivity index (χ1) is 20.3. The molecule has 0 saturated heterocycles. The summed E-state index contributed by atoms with van der Waals surface area (Å²) in [6, 6.07) is 46.1. The van der Waals surface area contributed by atoms with Crippen LogP contribution >= 0.6 is 0 Å². The smallest absolute Gasteiger partial charge is 0.0596 e. The van der Waals surface area contributed by atoms with Crippen LogP contribution in [0.3, 0.4) is 0 Å². The van der Waals surface area contributed by atoms with Crippen molar-refractivity contribution in [1.29, 1.82) is 0 Å². The largest absolute Gasteiger partial charge is 0.309 e. The van der Waals surface area contributed by atoms with Crippen LogP contribution in [-0.4, -0.2) is 14.8 Å². The second-order valence-electron chi connectivity index (χ2n) is 10.7. The Morgan fingerprint density at radius 1 is 0.390 bits per heavy atom. The van der Waals surface area contributed by atoms with Crippen LogP contribution in [0.2, 0.25) is 0 Å². The van der Waals surface area contributed by atoms with Crippen LogP contribution in [0.1, 0.15) is 0 Å². The summed E-state index contributed by atoms with van der Waals surface area (Å²) < 4.78 is 2.39. The van der Waals surface area contributed by atoms with Crippen LogP contribution in [0.25, 0.3) is 81.7 Å². The highest BCUT2D eigenvalue weighted by molar-refractivity contribution is 6.15. The third-order valence-corrected chi connectivity index (χ3v) is 8.54. The van der Waals surface area contributed by atoms with Crippen molar-refractivity contribution < 1.29 is 0 Å². The number of para-hydroxylation sites is 1. The SMILES string of the molecule is c1ccc2cc3c(cc2c1)c1ccccc1n3-c1ccc(-c2ccc3ccc4ccccc4c3c2)c2cnncc12. The molecule has 0 bridgehead atoms. The Bertz CT molecular complexity index is 2490. The Labute approximate surface area is 235 Å². The quantitative estimate of drug-likeness (QED) is 0.212. The van der Waals surface area contributed by atoms with Gasteiger partial charge in [0.05, 0.1) is 29.1 Å². The summed E-state index contributed by atoms with van der Waals surface area (Å²) in [6.07, 6.45) is 3.82. The fourth-order valence-corrected chi connectivity index (χ4v) is 6.61. The standard InChI is InChI=1S/C38H23N3/c1-2-9-27-21-38-33(19-26(27)8-1)31-11-5-6-12-36(31)41(38)37-18-17-30(34-22-39-40-23-35(34)37)28-16-15-25-14-13-24-7-3-4-10-29(24)32(25)20-28/h1-23H. The number of hydrogen-bond acceptors (Lipinski definition) is 2. The fraction of sp³-hybridized carbons (Fsp3) is 0. The molecule has 0 radical (unpaired) electrons. The molecule has 0 aliphatic heterocycles. The van der Waals surface area contributed by atoms with Crippen molar-refractivity contribution in [3.8, 4) is 16.8 Å². The first-order valence-corrected chi connectivity index (χ1v) is 13.9. The lowest BCUT2D eigenvalue weighted by Gasteiger charge is -2.15. The Kier molecular flexibility index (Phi) is 4.61. The number of benzene rings is 7. The Balaban J connectivity index is 1.34. The van der Waals surface area contributed by atoms with Crippen LogP contribution in [0.15, 0.2) is 140 Å². The molecule has 0 unspecified atom stereocenters. The number of hydrogen-bond donors (Lipinski definition) is 0. The number of rotatable bonds is 2. The van der Waals surface area contributed by atoms with Crippen LogP contribution in [-0.2, 0) is 0 Å². The molecule has 3 heteroatoms. The highest BCUT2D eigenvalue weighted by atomic mass is 15.1. The number of fused-ring (bicyclic) bond motifs is 8. The lowest BCUT2D eigenvalue weighted by Crippen LogP contribution is -1.97. The van der Waals surface area contributed by atoms with E-state index in [-0.39, 0.29) is 0 Å². The van der Waals surface area contributed by atoms with Gasteiger partial charge in [-0.3, -0.25) is 0 Å². The highest BCUT2D eigenvalue weighted by Gasteiger charge is 2.17. The zero-order valence-corrected chi connectivity index (χ0v) is 22.1. The summed E-state index contributed by atoms with van der Waals surface area (Å²) in [7, 11) is 0. The molecule has 41 heavy (non-hydrogen) atoms. The van der Waals surface area contributed by atoms with Crippen molar-refractivity contribution in [2.75, 3.05) is 0 Å². The molecule has 0 amide bonds. The highest BCUT2D eigenvalue weighted by Crippen LogP contribution is 2.39.